The number of hydrogen-bond acceptors (Lipinski definition) is 2. The van der Waals surface area contributed by atoms with Crippen LogP contribution in [0.5, 0.6) is 0 Å². The first-order chi connectivity index (χ1) is 17.5. The Bertz CT molecular complexity index is 1270. The zero-order chi connectivity index (χ0) is 24.7. The molecule has 0 N–H and O–H groups in total. The molecule has 180 valence electrons. The molecule has 0 atom stereocenters. The van der Waals surface area contributed by atoms with Gasteiger partial charge in [0.25, 0.3) is 0 Å². The largest absolute Gasteiger partial charge is 0.308 e. The quantitative estimate of drug-likeness (QED) is 0.362. The van der Waals surface area contributed by atoms with Crippen molar-refractivity contribution >= 4 is 0 Å². The third-order valence-electron chi connectivity index (χ3n) is 9.13. The van der Waals surface area contributed by atoms with Gasteiger partial charge in [-0.25, -0.2) is 0 Å². The third kappa shape index (κ3) is 2.59. The molecule has 0 spiro atoms. The molecule has 0 radical (unpaired) electrons. The lowest BCUT2D eigenvalue weighted by Crippen LogP contribution is -2.58. The molecule has 2 nitrogen and oxygen atoms in total. The van der Waals surface area contributed by atoms with Gasteiger partial charge in [-0.3, -0.25) is 0 Å². The molecule has 6 aliphatic carbocycles. The number of rotatable bonds is 4. The van der Waals surface area contributed by atoms with Crippen LogP contribution in [0.25, 0.3) is 0 Å². The summed E-state index contributed by atoms with van der Waals surface area (Å²) in [7, 11) is 8.95. The van der Waals surface area contributed by atoms with Crippen LogP contribution in [0.3, 0.4) is 0 Å². The van der Waals surface area contributed by atoms with E-state index in [0.29, 0.717) is 0 Å². The van der Waals surface area contributed by atoms with Crippen molar-refractivity contribution in [1.82, 2.24) is 9.80 Å². The molecule has 0 amide bonds. The minimum Gasteiger partial charge on any atom is -0.308 e. The van der Waals surface area contributed by atoms with Crippen molar-refractivity contribution in [2.75, 3.05) is 41.3 Å². The molecule has 36 heavy (non-hydrogen) atoms. The van der Waals surface area contributed by atoms with Crippen LogP contribution in [-0.2, 0) is 10.8 Å². The van der Waals surface area contributed by atoms with Crippen LogP contribution >= 0.6 is 0 Å². The predicted octanol–water partition coefficient (Wildman–Crippen LogP) is 5.99. The summed E-state index contributed by atoms with van der Waals surface area (Å²) in [5.74, 6) is 0.484. The Balaban J connectivity index is 1.76. The first-order valence-electron chi connectivity index (χ1n) is 13.2. The Morgan fingerprint density at radius 3 is 0.944 bits per heavy atom. The van der Waals surface area contributed by atoms with Gasteiger partial charge in [-0.1, -0.05) is 97.1 Å². The number of likely N-dealkylation sites (N-methyl/N-ethyl adjacent to an activating group) is 2. The van der Waals surface area contributed by atoms with Crippen molar-refractivity contribution in [3.63, 3.8) is 0 Å². The van der Waals surface area contributed by atoms with Crippen molar-refractivity contribution in [2.45, 2.75) is 22.7 Å². The van der Waals surface area contributed by atoms with Gasteiger partial charge in [-0.2, -0.15) is 0 Å². The van der Waals surface area contributed by atoms with Crippen LogP contribution in [0, 0.1) is 0 Å². The van der Waals surface area contributed by atoms with Gasteiger partial charge < -0.3 is 9.80 Å². The highest BCUT2D eigenvalue weighted by molar-refractivity contribution is 5.73. The van der Waals surface area contributed by atoms with Crippen LogP contribution < -0.4 is 0 Å². The van der Waals surface area contributed by atoms with Gasteiger partial charge in [-0.05, 0) is 72.7 Å². The number of benzene rings is 4. The lowest BCUT2D eigenvalue weighted by atomic mass is 9.42. The van der Waals surface area contributed by atoms with Crippen LogP contribution in [-0.4, -0.2) is 51.1 Å². The third-order valence-corrected chi connectivity index (χ3v) is 9.13. The summed E-state index contributed by atoms with van der Waals surface area (Å²) in [5.41, 5.74) is 11.7. The zero-order valence-electron chi connectivity index (χ0n) is 21.7. The maximum Gasteiger partial charge on any atom is 0.0444 e. The monoisotopic (exact) mass is 470 g/mol. The van der Waals surface area contributed by atoms with E-state index < -0.39 is 0 Å². The van der Waals surface area contributed by atoms with Crippen molar-refractivity contribution in [3.8, 4) is 0 Å². The highest BCUT2D eigenvalue weighted by Crippen LogP contribution is 2.68. The van der Waals surface area contributed by atoms with Crippen LogP contribution in [0.1, 0.15) is 56.3 Å². The highest BCUT2D eigenvalue weighted by atomic mass is 15.1. The first-order valence-corrected chi connectivity index (χ1v) is 13.2. The fourth-order valence-corrected chi connectivity index (χ4v) is 8.45. The van der Waals surface area contributed by atoms with Gasteiger partial charge in [0, 0.05) is 35.8 Å². The minimum atomic E-state index is -0.176. The standard InChI is InChI=1S/C34H34N2/c1-35(2)21-33-27-17-9-5-13-23(27)32(24-14-6-10-18-28(24)33)34(22-36(3)4)29-19-11-7-15-25(29)31(33)26-16-8-12-20-30(26)34/h5-20,31-32H,21-22H2,1-4H3. The SMILES string of the molecule is CN(C)CC12c3ccccc3C(c3ccccc31)C1(CN(C)C)c3ccccc3C2c2ccccc21. The molecule has 0 fully saturated rings. The van der Waals surface area contributed by atoms with Gasteiger partial charge in [0.15, 0.2) is 0 Å². The second kappa shape index (κ2) is 7.65. The summed E-state index contributed by atoms with van der Waals surface area (Å²) >= 11 is 0. The van der Waals surface area contributed by atoms with E-state index in [1.165, 1.54) is 44.5 Å². The van der Waals surface area contributed by atoms with Crippen molar-refractivity contribution in [1.29, 1.82) is 0 Å². The fourth-order valence-electron chi connectivity index (χ4n) is 8.45. The molecule has 0 aromatic heterocycles. The van der Waals surface area contributed by atoms with Gasteiger partial charge in [0.1, 0.15) is 0 Å². The van der Waals surface area contributed by atoms with Crippen LogP contribution in [0.2, 0.25) is 0 Å². The second-order valence-electron chi connectivity index (χ2n) is 11.6. The maximum absolute atomic E-state index is 2.44. The Kier molecular flexibility index (Phi) is 4.68. The van der Waals surface area contributed by atoms with E-state index in [2.05, 4.69) is 135 Å². The summed E-state index contributed by atoms with van der Waals surface area (Å²) < 4.78 is 0. The summed E-state index contributed by atoms with van der Waals surface area (Å²) in [5, 5.41) is 0. The van der Waals surface area contributed by atoms with Gasteiger partial charge in [-0.15, -0.1) is 0 Å². The number of nitrogens with zero attached hydrogens (tertiary/aromatic N) is 2. The Morgan fingerprint density at radius 2 is 0.694 bits per heavy atom. The van der Waals surface area contributed by atoms with E-state index in [-0.39, 0.29) is 22.7 Å². The van der Waals surface area contributed by atoms with E-state index in [4.69, 9.17) is 0 Å². The molecule has 4 aromatic carbocycles. The molecule has 0 heterocycles. The lowest BCUT2D eigenvalue weighted by molar-refractivity contribution is 0.233. The molecule has 0 unspecified atom stereocenters. The molecule has 2 heteroatoms. The second-order valence-corrected chi connectivity index (χ2v) is 11.6. The van der Waals surface area contributed by atoms with Gasteiger partial charge in [0.2, 0.25) is 0 Å². The van der Waals surface area contributed by atoms with Crippen molar-refractivity contribution < 1.29 is 0 Å². The highest BCUT2D eigenvalue weighted by Gasteiger charge is 2.62. The fraction of sp³-hybridized carbons (Fsp3) is 0.294. The molecular weight excluding hydrogens is 436 g/mol. The topological polar surface area (TPSA) is 6.48 Å². The molecule has 0 saturated carbocycles. The lowest BCUT2D eigenvalue weighted by Gasteiger charge is -2.61. The molecule has 10 rings (SSSR count). The normalized spacial score (nSPS) is 26.7. The van der Waals surface area contributed by atoms with E-state index in [1.54, 1.807) is 0 Å². The molecular formula is C34H34N2. The minimum absolute atomic E-state index is 0.176. The maximum atomic E-state index is 2.44. The van der Waals surface area contributed by atoms with Gasteiger partial charge in [0.05, 0.1) is 0 Å². The number of hydrogen-bond donors (Lipinski definition) is 0. The van der Waals surface area contributed by atoms with Crippen molar-refractivity contribution in [2.24, 2.45) is 0 Å². The molecule has 0 aliphatic heterocycles. The summed E-state index contributed by atoms with van der Waals surface area (Å²) in [6.07, 6.45) is 0. The van der Waals surface area contributed by atoms with Crippen LogP contribution in [0.4, 0.5) is 0 Å². The van der Waals surface area contributed by atoms with E-state index in [0.717, 1.165) is 13.1 Å². The smallest absolute Gasteiger partial charge is 0.0444 e. The van der Waals surface area contributed by atoms with Gasteiger partial charge >= 0.3 is 0 Å². The summed E-state index contributed by atoms with van der Waals surface area (Å²) in [6.45, 7) is 1.92. The average molecular weight is 471 g/mol. The van der Waals surface area contributed by atoms with E-state index in [1.807, 2.05) is 0 Å². The van der Waals surface area contributed by atoms with Crippen molar-refractivity contribution in [3.05, 3.63) is 142 Å². The van der Waals surface area contributed by atoms with E-state index >= 15 is 0 Å². The first kappa shape index (κ1) is 22.0. The van der Waals surface area contributed by atoms with E-state index in [9.17, 15) is 0 Å². The molecule has 4 aromatic rings. The zero-order valence-corrected chi connectivity index (χ0v) is 21.7. The molecule has 4 bridgehead atoms. The average Bonchev–Trinajstić information content (AvgIpc) is 2.87. The Morgan fingerprint density at radius 1 is 0.444 bits per heavy atom. The Hall–Kier alpha value is -3.20. The van der Waals surface area contributed by atoms with Crippen LogP contribution in [0.15, 0.2) is 97.1 Å². The molecule has 6 aliphatic rings. The predicted molar refractivity (Wildman–Crippen MR) is 148 cm³/mol. The summed E-state index contributed by atoms with van der Waals surface area (Å²) in [6, 6.07) is 37.6. The molecule has 0 saturated heterocycles. The Labute approximate surface area is 215 Å². The summed E-state index contributed by atoms with van der Waals surface area (Å²) in [4.78, 5) is 4.81.